The second-order valence-corrected chi connectivity index (χ2v) is 8.51. The van der Waals surface area contributed by atoms with Crippen molar-refractivity contribution in [2.45, 2.75) is 39.2 Å². The number of carbonyl (C=O) groups is 2. The summed E-state index contributed by atoms with van der Waals surface area (Å²) < 4.78 is 0. The first-order valence-corrected chi connectivity index (χ1v) is 11.1. The average molecular weight is 406 g/mol. The first-order chi connectivity index (χ1) is 14.6. The molecule has 2 saturated heterocycles. The highest BCUT2D eigenvalue weighted by Gasteiger charge is 2.27. The summed E-state index contributed by atoms with van der Waals surface area (Å²) in [7, 11) is 0. The van der Waals surface area contributed by atoms with Gasteiger partial charge in [-0.3, -0.25) is 14.5 Å². The zero-order valence-corrected chi connectivity index (χ0v) is 17.8. The number of anilines is 1. The second kappa shape index (κ2) is 9.43. The lowest BCUT2D eigenvalue weighted by Crippen LogP contribution is -2.38. The number of para-hydroxylation sites is 1. The van der Waals surface area contributed by atoms with Crippen molar-refractivity contribution in [2.24, 2.45) is 5.92 Å². The molecule has 2 aliphatic rings. The van der Waals surface area contributed by atoms with E-state index in [1.165, 1.54) is 11.1 Å². The minimum absolute atomic E-state index is 0.00642. The fraction of sp³-hybridized carbons (Fsp3) is 0.440. The number of hydrogen-bond acceptors (Lipinski definition) is 3. The Kier molecular flexibility index (Phi) is 6.48. The molecule has 0 aliphatic carbocycles. The fourth-order valence-corrected chi connectivity index (χ4v) is 4.49. The van der Waals surface area contributed by atoms with E-state index >= 15 is 0 Å². The molecule has 2 amide bonds. The molecule has 0 radical (unpaired) electrons. The molecule has 158 valence electrons. The van der Waals surface area contributed by atoms with Crippen LogP contribution in [0.1, 0.15) is 47.2 Å². The largest absolute Gasteiger partial charge is 0.339 e. The third-order valence-corrected chi connectivity index (χ3v) is 6.42. The van der Waals surface area contributed by atoms with Crippen LogP contribution >= 0.6 is 0 Å². The van der Waals surface area contributed by atoms with Crippen LogP contribution in [-0.4, -0.2) is 47.8 Å². The molecule has 0 atom stereocenters. The molecule has 2 fully saturated rings. The summed E-state index contributed by atoms with van der Waals surface area (Å²) in [6.45, 7) is 6.53. The smallest absolute Gasteiger partial charge is 0.255 e. The van der Waals surface area contributed by atoms with Crippen LogP contribution in [0.2, 0.25) is 0 Å². The molecule has 0 bridgehead atoms. The minimum Gasteiger partial charge on any atom is -0.339 e. The van der Waals surface area contributed by atoms with Crippen molar-refractivity contribution in [1.82, 2.24) is 9.80 Å². The maximum atomic E-state index is 12.9. The average Bonchev–Trinajstić information content (AvgIpc) is 3.31. The maximum absolute atomic E-state index is 12.9. The Bertz CT molecular complexity index is 897. The Morgan fingerprint density at radius 1 is 0.933 bits per heavy atom. The van der Waals surface area contributed by atoms with Crippen LogP contribution in [0.4, 0.5) is 5.69 Å². The van der Waals surface area contributed by atoms with E-state index in [4.69, 9.17) is 0 Å². The Morgan fingerprint density at radius 3 is 2.33 bits per heavy atom. The molecule has 0 spiro atoms. The van der Waals surface area contributed by atoms with Gasteiger partial charge in [-0.05, 0) is 69.0 Å². The van der Waals surface area contributed by atoms with Gasteiger partial charge < -0.3 is 10.2 Å². The van der Waals surface area contributed by atoms with Gasteiger partial charge in [0.05, 0.1) is 11.3 Å². The summed E-state index contributed by atoms with van der Waals surface area (Å²) in [5.41, 5.74) is 3.91. The van der Waals surface area contributed by atoms with Crippen molar-refractivity contribution in [2.75, 3.05) is 31.5 Å². The normalized spacial score (nSPS) is 17.8. The molecule has 5 heteroatoms. The predicted octanol–water partition coefficient (Wildman–Crippen LogP) is 4.08. The standard InChI is InChI=1S/C25H31N3O2/c1-19-8-2-3-9-21(19)18-27-16-12-20(13-17-27)24(29)26-23-11-5-4-10-22(23)25(30)28-14-6-7-15-28/h2-5,8-11,20H,6-7,12-18H2,1H3,(H,26,29). The molecule has 2 aromatic carbocycles. The zero-order valence-electron chi connectivity index (χ0n) is 17.8. The van der Waals surface area contributed by atoms with Gasteiger partial charge in [-0.1, -0.05) is 36.4 Å². The summed E-state index contributed by atoms with van der Waals surface area (Å²) in [6, 6.07) is 15.9. The van der Waals surface area contributed by atoms with Crippen molar-refractivity contribution in [3.8, 4) is 0 Å². The van der Waals surface area contributed by atoms with E-state index in [0.29, 0.717) is 11.3 Å². The van der Waals surface area contributed by atoms with Crippen molar-refractivity contribution >= 4 is 17.5 Å². The van der Waals surface area contributed by atoms with Gasteiger partial charge in [0.25, 0.3) is 5.91 Å². The lowest BCUT2D eigenvalue weighted by molar-refractivity contribution is -0.121. The number of nitrogens with one attached hydrogen (secondary N) is 1. The Balaban J connectivity index is 1.34. The number of piperidine rings is 1. The topological polar surface area (TPSA) is 52.7 Å². The molecular formula is C25H31N3O2. The third kappa shape index (κ3) is 4.73. The third-order valence-electron chi connectivity index (χ3n) is 6.42. The molecule has 4 rings (SSSR count). The van der Waals surface area contributed by atoms with Gasteiger partial charge in [0, 0.05) is 25.6 Å². The first kappa shape index (κ1) is 20.6. The lowest BCUT2D eigenvalue weighted by atomic mass is 9.95. The van der Waals surface area contributed by atoms with Gasteiger partial charge in [0.2, 0.25) is 5.91 Å². The number of rotatable bonds is 5. The molecule has 0 saturated carbocycles. The second-order valence-electron chi connectivity index (χ2n) is 8.51. The molecule has 30 heavy (non-hydrogen) atoms. The number of benzene rings is 2. The molecule has 2 aliphatic heterocycles. The molecule has 2 aromatic rings. The van der Waals surface area contributed by atoms with E-state index in [9.17, 15) is 9.59 Å². The van der Waals surface area contributed by atoms with Gasteiger partial charge >= 0.3 is 0 Å². The minimum atomic E-state index is -0.00642. The van der Waals surface area contributed by atoms with Crippen molar-refractivity contribution in [3.63, 3.8) is 0 Å². The summed E-state index contributed by atoms with van der Waals surface area (Å²) in [4.78, 5) is 30.1. The van der Waals surface area contributed by atoms with E-state index in [0.717, 1.165) is 58.4 Å². The SMILES string of the molecule is Cc1ccccc1CN1CCC(C(=O)Nc2ccccc2C(=O)N2CCCC2)CC1. The van der Waals surface area contributed by atoms with E-state index in [1.807, 2.05) is 29.2 Å². The van der Waals surface area contributed by atoms with E-state index in [-0.39, 0.29) is 17.7 Å². The number of nitrogens with zero attached hydrogens (tertiary/aromatic N) is 2. The molecule has 5 nitrogen and oxygen atoms in total. The lowest BCUT2D eigenvalue weighted by Gasteiger charge is -2.31. The Labute approximate surface area is 179 Å². The van der Waals surface area contributed by atoms with E-state index in [2.05, 4.69) is 41.4 Å². The van der Waals surface area contributed by atoms with Gasteiger partial charge in [0.15, 0.2) is 0 Å². The quantitative estimate of drug-likeness (QED) is 0.815. The van der Waals surface area contributed by atoms with Crippen LogP contribution in [-0.2, 0) is 11.3 Å². The van der Waals surface area contributed by atoms with Gasteiger partial charge in [-0.2, -0.15) is 0 Å². The van der Waals surface area contributed by atoms with Crippen molar-refractivity contribution < 1.29 is 9.59 Å². The Morgan fingerprint density at radius 2 is 1.60 bits per heavy atom. The highest BCUT2D eigenvalue weighted by atomic mass is 16.2. The van der Waals surface area contributed by atoms with Crippen LogP contribution in [0.25, 0.3) is 0 Å². The molecule has 2 heterocycles. The van der Waals surface area contributed by atoms with E-state index in [1.54, 1.807) is 0 Å². The van der Waals surface area contributed by atoms with Crippen LogP contribution < -0.4 is 5.32 Å². The highest BCUT2D eigenvalue weighted by molar-refractivity contribution is 6.04. The zero-order chi connectivity index (χ0) is 20.9. The van der Waals surface area contributed by atoms with E-state index < -0.39 is 0 Å². The molecule has 1 N–H and O–H groups in total. The molecular weight excluding hydrogens is 374 g/mol. The number of hydrogen-bond donors (Lipinski definition) is 1. The highest BCUT2D eigenvalue weighted by Crippen LogP contribution is 2.24. The van der Waals surface area contributed by atoms with Gasteiger partial charge in [-0.25, -0.2) is 0 Å². The molecule has 0 unspecified atom stereocenters. The first-order valence-electron chi connectivity index (χ1n) is 11.1. The summed E-state index contributed by atoms with van der Waals surface area (Å²) in [5, 5.41) is 3.05. The van der Waals surface area contributed by atoms with Gasteiger partial charge in [-0.15, -0.1) is 0 Å². The van der Waals surface area contributed by atoms with Crippen LogP contribution in [0.5, 0.6) is 0 Å². The number of aryl methyl sites for hydroxylation is 1. The molecule has 0 aromatic heterocycles. The number of amides is 2. The summed E-state index contributed by atoms with van der Waals surface area (Å²) in [6.07, 6.45) is 3.81. The maximum Gasteiger partial charge on any atom is 0.255 e. The summed E-state index contributed by atoms with van der Waals surface area (Å²) in [5.74, 6) is 0.0525. The monoisotopic (exact) mass is 405 g/mol. The van der Waals surface area contributed by atoms with Crippen molar-refractivity contribution in [3.05, 3.63) is 65.2 Å². The van der Waals surface area contributed by atoms with Gasteiger partial charge in [0.1, 0.15) is 0 Å². The van der Waals surface area contributed by atoms with Crippen LogP contribution in [0.15, 0.2) is 48.5 Å². The van der Waals surface area contributed by atoms with Crippen LogP contribution in [0, 0.1) is 12.8 Å². The number of likely N-dealkylation sites (tertiary alicyclic amines) is 2. The Hall–Kier alpha value is -2.66. The predicted molar refractivity (Wildman–Crippen MR) is 119 cm³/mol. The number of carbonyl (C=O) groups excluding carboxylic acids is 2. The van der Waals surface area contributed by atoms with Crippen molar-refractivity contribution in [1.29, 1.82) is 0 Å². The fourth-order valence-electron chi connectivity index (χ4n) is 4.49. The van der Waals surface area contributed by atoms with Crippen LogP contribution in [0.3, 0.4) is 0 Å². The summed E-state index contributed by atoms with van der Waals surface area (Å²) >= 11 is 0.